The molecule has 0 heterocycles. The van der Waals surface area contributed by atoms with Gasteiger partial charge in [0.05, 0.1) is 6.61 Å². The predicted octanol–water partition coefficient (Wildman–Crippen LogP) is 3.02. The molecule has 5 nitrogen and oxygen atoms in total. The minimum Gasteiger partial charge on any atom is -0.392 e. The summed E-state index contributed by atoms with van der Waals surface area (Å²) in [6.07, 6.45) is 2.37. The zero-order chi connectivity index (χ0) is 16.9. The standard InChI is InChI=1S/C19H20N2O3/c22-12-15-5-2-1-4-14(15)11-20-19(24)21-16-9-8-13-6-3-7-18(23)17(13)10-16/h1-2,4-5,8-10,22H,3,6-7,11-12H2,(H2,20,21,24). The highest BCUT2D eigenvalue weighted by molar-refractivity contribution is 6.00. The molecule has 0 aromatic heterocycles. The highest BCUT2D eigenvalue weighted by Gasteiger charge is 2.17. The molecule has 1 aliphatic rings. The Morgan fingerprint density at radius 3 is 2.67 bits per heavy atom. The summed E-state index contributed by atoms with van der Waals surface area (Å²) in [6, 6.07) is 12.5. The van der Waals surface area contributed by atoms with Crippen LogP contribution in [-0.4, -0.2) is 16.9 Å². The Morgan fingerprint density at radius 2 is 1.88 bits per heavy atom. The minimum absolute atomic E-state index is 0.0631. The largest absolute Gasteiger partial charge is 0.392 e. The van der Waals surface area contributed by atoms with Crippen molar-refractivity contribution in [3.05, 3.63) is 64.7 Å². The van der Waals surface area contributed by atoms with E-state index in [1.165, 1.54) is 0 Å². The van der Waals surface area contributed by atoms with Crippen LogP contribution in [0.5, 0.6) is 0 Å². The molecule has 0 radical (unpaired) electrons. The Hall–Kier alpha value is -2.66. The highest BCUT2D eigenvalue weighted by atomic mass is 16.3. The zero-order valence-corrected chi connectivity index (χ0v) is 13.3. The van der Waals surface area contributed by atoms with Crippen LogP contribution >= 0.6 is 0 Å². The van der Waals surface area contributed by atoms with Crippen molar-refractivity contribution in [1.82, 2.24) is 5.32 Å². The summed E-state index contributed by atoms with van der Waals surface area (Å²) < 4.78 is 0. The Labute approximate surface area is 140 Å². The van der Waals surface area contributed by atoms with Gasteiger partial charge in [0.25, 0.3) is 0 Å². The van der Waals surface area contributed by atoms with E-state index < -0.39 is 0 Å². The van der Waals surface area contributed by atoms with Crippen LogP contribution in [0, 0.1) is 0 Å². The van der Waals surface area contributed by atoms with Crippen LogP contribution in [0.15, 0.2) is 42.5 Å². The van der Waals surface area contributed by atoms with E-state index in [2.05, 4.69) is 10.6 Å². The molecule has 2 aromatic carbocycles. The number of Topliss-reactive ketones (excluding diaryl/α,β-unsaturated/α-hetero) is 1. The Kier molecular flexibility index (Phi) is 4.91. The van der Waals surface area contributed by atoms with Crippen molar-refractivity contribution in [3.8, 4) is 0 Å². The molecule has 0 fully saturated rings. The molecule has 3 rings (SSSR count). The molecule has 24 heavy (non-hydrogen) atoms. The number of hydrogen-bond donors (Lipinski definition) is 3. The third-order valence-electron chi connectivity index (χ3n) is 4.25. The Balaban J connectivity index is 1.63. The van der Waals surface area contributed by atoms with E-state index in [4.69, 9.17) is 0 Å². The van der Waals surface area contributed by atoms with Crippen LogP contribution in [0.25, 0.3) is 0 Å². The number of benzene rings is 2. The molecule has 5 heteroatoms. The number of fused-ring (bicyclic) bond motifs is 1. The average molecular weight is 324 g/mol. The number of carbonyl (C=O) groups excluding carboxylic acids is 2. The summed E-state index contributed by atoms with van der Waals surface area (Å²) in [5.41, 5.74) is 4.03. The minimum atomic E-state index is -0.342. The van der Waals surface area contributed by atoms with Crippen molar-refractivity contribution in [2.24, 2.45) is 0 Å². The molecule has 3 N–H and O–H groups in total. The summed E-state index contributed by atoms with van der Waals surface area (Å²) >= 11 is 0. The third kappa shape index (κ3) is 3.63. The molecular formula is C19H20N2O3. The SMILES string of the molecule is O=C(NCc1ccccc1CO)Nc1ccc2c(c1)C(=O)CCC2. The van der Waals surface area contributed by atoms with Crippen LogP contribution in [-0.2, 0) is 19.6 Å². The lowest BCUT2D eigenvalue weighted by Gasteiger charge is -2.16. The summed E-state index contributed by atoms with van der Waals surface area (Å²) in [6.45, 7) is 0.263. The summed E-state index contributed by atoms with van der Waals surface area (Å²) in [7, 11) is 0. The van der Waals surface area contributed by atoms with E-state index in [0.717, 1.165) is 29.5 Å². The van der Waals surface area contributed by atoms with Gasteiger partial charge in [-0.15, -0.1) is 0 Å². The molecule has 1 aliphatic carbocycles. The first-order valence-corrected chi connectivity index (χ1v) is 8.06. The topological polar surface area (TPSA) is 78.4 Å². The number of carbonyl (C=O) groups is 2. The lowest BCUT2D eigenvalue weighted by atomic mass is 9.90. The fraction of sp³-hybridized carbons (Fsp3) is 0.263. The van der Waals surface area contributed by atoms with Gasteiger partial charge in [0, 0.05) is 24.2 Å². The number of aryl methyl sites for hydroxylation is 1. The molecule has 0 unspecified atom stereocenters. The maximum atomic E-state index is 12.1. The van der Waals surface area contributed by atoms with Gasteiger partial charge in [-0.05, 0) is 41.7 Å². The molecular weight excluding hydrogens is 304 g/mol. The maximum Gasteiger partial charge on any atom is 0.319 e. The second-order valence-electron chi connectivity index (χ2n) is 5.88. The summed E-state index contributed by atoms with van der Waals surface area (Å²) in [5.74, 6) is 0.136. The lowest BCUT2D eigenvalue weighted by Crippen LogP contribution is -2.28. The van der Waals surface area contributed by atoms with Gasteiger partial charge in [0.1, 0.15) is 0 Å². The zero-order valence-electron chi connectivity index (χ0n) is 13.3. The van der Waals surface area contributed by atoms with Crippen molar-refractivity contribution in [2.45, 2.75) is 32.4 Å². The van der Waals surface area contributed by atoms with Crippen LogP contribution < -0.4 is 10.6 Å². The second-order valence-corrected chi connectivity index (χ2v) is 5.88. The van der Waals surface area contributed by atoms with Crippen molar-refractivity contribution in [1.29, 1.82) is 0 Å². The van der Waals surface area contributed by atoms with Gasteiger partial charge in [-0.25, -0.2) is 4.79 Å². The van der Waals surface area contributed by atoms with Crippen LogP contribution in [0.3, 0.4) is 0 Å². The van der Waals surface area contributed by atoms with Gasteiger partial charge in [-0.3, -0.25) is 4.79 Å². The number of rotatable bonds is 4. The van der Waals surface area contributed by atoms with Gasteiger partial charge in [0.15, 0.2) is 5.78 Å². The normalized spacial score (nSPS) is 13.3. The van der Waals surface area contributed by atoms with Crippen LogP contribution in [0.2, 0.25) is 0 Å². The number of aliphatic hydroxyl groups excluding tert-OH is 1. The lowest BCUT2D eigenvalue weighted by molar-refractivity contribution is 0.0972. The van der Waals surface area contributed by atoms with E-state index in [1.54, 1.807) is 6.07 Å². The number of amides is 2. The smallest absolute Gasteiger partial charge is 0.319 e. The number of urea groups is 1. The maximum absolute atomic E-state index is 12.1. The molecule has 0 atom stereocenters. The van der Waals surface area contributed by atoms with Crippen LogP contribution in [0.4, 0.5) is 10.5 Å². The second kappa shape index (κ2) is 7.27. The molecule has 0 saturated carbocycles. The summed E-state index contributed by atoms with van der Waals surface area (Å²) in [5, 5.41) is 14.8. The third-order valence-corrected chi connectivity index (χ3v) is 4.25. The molecule has 2 aromatic rings. The molecule has 0 saturated heterocycles. The first-order chi connectivity index (χ1) is 11.7. The van der Waals surface area contributed by atoms with E-state index >= 15 is 0 Å². The molecule has 124 valence electrons. The molecule has 0 bridgehead atoms. The monoisotopic (exact) mass is 324 g/mol. The molecule has 2 amide bonds. The van der Waals surface area contributed by atoms with Crippen molar-refractivity contribution >= 4 is 17.5 Å². The van der Waals surface area contributed by atoms with E-state index in [0.29, 0.717) is 24.2 Å². The van der Waals surface area contributed by atoms with Crippen molar-refractivity contribution in [3.63, 3.8) is 0 Å². The number of hydrogen-bond acceptors (Lipinski definition) is 3. The highest BCUT2D eigenvalue weighted by Crippen LogP contribution is 2.24. The Bertz CT molecular complexity index is 771. The fourth-order valence-electron chi connectivity index (χ4n) is 2.94. The van der Waals surface area contributed by atoms with Gasteiger partial charge in [-0.1, -0.05) is 30.3 Å². The number of nitrogens with one attached hydrogen (secondary N) is 2. The number of aliphatic hydroxyl groups is 1. The quantitative estimate of drug-likeness (QED) is 0.809. The van der Waals surface area contributed by atoms with Gasteiger partial charge < -0.3 is 15.7 Å². The van der Waals surface area contributed by atoms with Crippen LogP contribution in [0.1, 0.15) is 39.9 Å². The van der Waals surface area contributed by atoms with Gasteiger partial charge >= 0.3 is 6.03 Å². The molecule has 0 aliphatic heterocycles. The first kappa shape index (κ1) is 16.2. The van der Waals surface area contributed by atoms with Crippen molar-refractivity contribution in [2.75, 3.05) is 5.32 Å². The van der Waals surface area contributed by atoms with Gasteiger partial charge in [0.2, 0.25) is 0 Å². The van der Waals surface area contributed by atoms with E-state index in [-0.39, 0.29) is 18.4 Å². The Morgan fingerprint density at radius 1 is 1.08 bits per heavy atom. The fourth-order valence-corrected chi connectivity index (χ4v) is 2.94. The average Bonchev–Trinajstić information content (AvgIpc) is 2.61. The number of ketones is 1. The first-order valence-electron chi connectivity index (χ1n) is 8.06. The number of anilines is 1. The molecule has 0 spiro atoms. The summed E-state index contributed by atoms with van der Waals surface area (Å²) in [4.78, 5) is 24.0. The van der Waals surface area contributed by atoms with E-state index in [1.807, 2.05) is 36.4 Å². The predicted molar refractivity (Wildman–Crippen MR) is 91.9 cm³/mol. The van der Waals surface area contributed by atoms with Crippen molar-refractivity contribution < 1.29 is 14.7 Å². The van der Waals surface area contributed by atoms with Gasteiger partial charge in [-0.2, -0.15) is 0 Å². The van der Waals surface area contributed by atoms with E-state index in [9.17, 15) is 14.7 Å².